The first-order valence-corrected chi connectivity index (χ1v) is 6.18. The summed E-state index contributed by atoms with van der Waals surface area (Å²) in [5.74, 6) is 0.161. The Hall–Kier alpha value is -1.92. The summed E-state index contributed by atoms with van der Waals surface area (Å²) in [7, 11) is 0. The Morgan fingerprint density at radius 3 is 2.50 bits per heavy atom. The van der Waals surface area contributed by atoms with E-state index in [1.807, 2.05) is 0 Å². The summed E-state index contributed by atoms with van der Waals surface area (Å²) in [5, 5.41) is 8.80. The monoisotopic (exact) mass is 289 g/mol. The van der Waals surface area contributed by atoms with Crippen LogP contribution in [-0.4, -0.2) is 35.3 Å². The Morgan fingerprint density at radius 1 is 1.30 bits per heavy atom. The third kappa shape index (κ3) is 3.55. The summed E-state index contributed by atoms with van der Waals surface area (Å²) in [6.07, 6.45) is -4.69. The molecule has 7 heteroatoms. The number of hydrogen-bond acceptors (Lipinski definition) is 2. The van der Waals surface area contributed by atoms with Crippen LogP contribution < -0.4 is 4.74 Å². The molecule has 1 amide bonds. The molecule has 1 fully saturated rings. The van der Waals surface area contributed by atoms with Crippen LogP contribution in [0.2, 0.25) is 0 Å². The topological polar surface area (TPSA) is 49.8 Å². The largest absolute Gasteiger partial charge is 0.490 e. The van der Waals surface area contributed by atoms with E-state index in [-0.39, 0.29) is 11.9 Å². The van der Waals surface area contributed by atoms with Crippen LogP contribution in [0.5, 0.6) is 5.75 Å². The number of carboxylic acid groups (broad SMARTS) is 1. The molecule has 0 bridgehead atoms. The zero-order valence-corrected chi connectivity index (χ0v) is 10.6. The molecule has 110 valence electrons. The molecule has 4 nitrogen and oxygen atoms in total. The number of nitrogens with zero attached hydrogens (tertiary/aromatic N) is 1. The molecule has 1 saturated heterocycles. The van der Waals surface area contributed by atoms with Gasteiger partial charge in [0.2, 0.25) is 0 Å². The third-order valence-corrected chi connectivity index (χ3v) is 3.18. The Labute approximate surface area is 113 Å². The van der Waals surface area contributed by atoms with Crippen LogP contribution in [0.3, 0.4) is 0 Å². The van der Waals surface area contributed by atoms with Gasteiger partial charge in [-0.2, -0.15) is 13.2 Å². The number of piperidine rings is 1. The third-order valence-electron chi connectivity index (χ3n) is 3.18. The van der Waals surface area contributed by atoms with Crippen molar-refractivity contribution in [1.82, 2.24) is 4.90 Å². The number of benzene rings is 1. The summed E-state index contributed by atoms with van der Waals surface area (Å²) >= 11 is 0. The van der Waals surface area contributed by atoms with Gasteiger partial charge in [-0.05, 0) is 18.2 Å². The van der Waals surface area contributed by atoms with Crippen molar-refractivity contribution in [3.05, 3.63) is 29.8 Å². The molecule has 0 unspecified atom stereocenters. The molecule has 2 rings (SSSR count). The van der Waals surface area contributed by atoms with E-state index in [0.717, 1.165) is 12.1 Å². The SMILES string of the molecule is O=C(O)N1CCC(Oc2cccc(C(F)(F)F)c2)CC1. The van der Waals surface area contributed by atoms with Crippen molar-refractivity contribution in [1.29, 1.82) is 0 Å². The van der Waals surface area contributed by atoms with Gasteiger partial charge in [0.25, 0.3) is 0 Å². The molecule has 1 N–H and O–H groups in total. The summed E-state index contributed by atoms with van der Waals surface area (Å²) < 4.78 is 43.2. The van der Waals surface area contributed by atoms with Crippen LogP contribution >= 0.6 is 0 Å². The van der Waals surface area contributed by atoms with Crippen LogP contribution in [-0.2, 0) is 6.18 Å². The second-order valence-corrected chi connectivity index (χ2v) is 4.61. The summed E-state index contributed by atoms with van der Waals surface area (Å²) in [6, 6.07) is 4.72. The van der Waals surface area contributed by atoms with Crippen molar-refractivity contribution in [2.75, 3.05) is 13.1 Å². The van der Waals surface area contributed by atoms with Gasteiger partial charge in [0.1, 0.15) is 11.9 Å². The highest BCUT2D eigenvalue weighted by atomic mass is 19.4. The first-order valence-electron chi connectivity index (χ1n) is 6.18. The van der Waals surface area contributed by atoms with Crippen LogP contribution in [0.1, 0.15) is 18.4 Å². The molecule has 1 heterocycles. The molecule has 0 atom stereocenters. The highest BCUT2D eigenvalue weighted by Gasteiger charge is 2.31. The number of ether oxygens (including phenoxy) is 1. The quantitative estimate of drug-likeness (QED) is 0.909. The van der Waals surface area contributed by atoms with Gasteiger partial charge in [-0.15, -0.1) is 0 Å². The maximum Gasteiger partial charge on any atom is 0.416 e. The van der Waals surface area contributed by atoms with E-state index in [1.165, 1.54) is 17.0 Å². The Morgan fingerprint density at radius 2 is 1.95 bits per heavy atom. The standard InChI is InChI=1S/C13H14F3NO3/c14-13(15,16)9-2-1-3-11(8-9)20-10-4-6-17(7-5-10)12(18)19/h1-3,8,10H,4-7H2,(H,18,19). The molecule has 1 aliphatic rings. The Balaban J connectivity index is 1.96. The van der Waals surface area contributed by atoms with Gasteiger partial charge >= 0.3 is 12.3 Å². The molecular weight excluding hydrogens is 275 g/mol. The Kier molecular flexibility index (Phi) is 4.06. The van der Waals surface area contributed by atoms with Gasteiger partial charge in [0.05, 0.1) is 5.56 Å². The lowest BCUT2D eigenvalue weighted by Gasteiger charge is -2.30. The van der Waals surface area contributed by atoms with Gasteiger partial charge in [-0.1, -0.05) is 6.07 Å². The van der Waals surface area contributed by atoms with E-state index < -0.39 is 17.8 Å². The number of halogens is 3. The Bertz CT molecular complexity index is 482. The summed E-state index contributed by atoms with van der Waals surface area (Å²) in [5.41, 5.74) is -0.752. The lowest BCUT2D eigenvalue weighted by Crippen LogP contribution is -2.41. The highest BCUT2D eigenvalue weighted by Crippen LogP contribution is 2.32. The molecule has 0 saturated carbocycles. The minimum Gasteiger partial charge on any atom is -0.490 e. The van der Waals surface area contributed by atoms with Gasteiger partial charge < -0.3 is 14.7 Å². The van der Waals surface area contributed by atoms with E-state index in [4.69, 9.17) is 9.84 Å². The average Bonchev–Trinajstić information content (AvgIpc) is 2.38. The number of rotatable bonds is 2. The molecule has 0 spiro atoms. The fourth-order valence-corrected chi connectivity index (χ4v) is 2.10. The predicted octanol–water partition coefficient (Wildman–Crippen LogP) is 3.23. The minimum absolute atomic E-state index is 0.161. The van der Waals surface area contributed by atoms with Crippen LogP contribution in [0.25, 0.3) is 0 Å². The van der Waals surface area contributed by atoms with Crippen LogP contribution in [0, 0.1) is 0 Å². The molecule has 0 aliphatic carbocycles. The number of alkyl halides is 3. The molecule has 1 aromatic carbocycles. The fraction of sp³-hybridized carbons (Fsp3) is 0.462. The fourth-order valence-electron chi connectivity index (χ4n) is 2.10. The molecule has 1 aromatic rings. The first kappa shape index (κ1) is 14.5. The summed E-state index contributed by atoms with van der Waals surface area (Å²) in [6.45, 7) is 0.665. The molecule has 0 radical (unpaired) electrons. The van der Waals surface area contributed by atoms with E-state index in [2.05, 4.69) is 0 Å². The first-order chi connectivity index (χ1) is 9.36. The number of likely N-dealkylation sites (tertiary alicyclic amines) is 1. The van der Waals surface area contributed by atoms with E-state index in [9.17, 15) is 18.0 Å². The smallest absolute Gasteiger partial charge is 0.416 e. The molecule has 1 aliphatic heterocycles. The van der Waals surface area contributed by atoms with E-state index in [1.54, 1.807) is 0 Å². The normalized spacial score (nSPS) is 17.1. The van der Waals surface area contributed by atoms with Gasteiger partial charge in [-0.3, -0.25) is 0 Å². The maximum absolute atomic E-state index is 12.6. The highest BCUT2D eigenvalue weighted by molar-refractivity contribution is 5.65. The maximum atomic E-state index is 12.6. The van der Waals surface area contributed by atoms with Gasteiger partial charge in [0.15, 0.2) is 0 Å². The predicted molar refractivity (Wildman–Crippen MR) is 64.7 cm³/mol. The van der Waals surface area contributed by atoms with Gasteiger partial charge in [0, 0.05) is 25.9 Å². The molecular formula is C13H14F3NO3. The molecule has 0 aromatic heterocycles. The number of amides is 1. The number of carbonyl (C=O) groups is 1. The van der Waals surface area contributed by atoms with Crippen molar-refractivity contribution < 1.29 is 27.8 Å². The van der Waals surface area contributed by atoms with Crippen molar-refractivity contribution in [2.24, 2.45) is 0 Å². The van der Waals surface area contributed by atoms with E-state index >= 15 is 0 Å². The van der Waals surface area contributed by atoms with Crippen molar-refractivity contribution >= 4 is 6.09 Å². The van der Waals surface area contributed by atoms with Crippen molar-refractivity contribution in [3.8, 4) is 5.75 Å². The zero-order valence-electron chi connectivity index (χ0n) is 10.6. The van der Waals surface area contributed by atoms with Crippen molar-refractivity contribution in [3.63, 3.8) is 0 Å². The second kappa shape index (κ2) is 5.60. The van der Waals surface area contributed by atoms with Crippen LogP contribution in [0.4, 0.5) is 18.0 Å². The minimum atomic E-state index is -4.40. The second-order valence-electron chi connectivity index (χ2n) is 4.61. The van der Waals surface area contributed by atoms with E-state index in [0.29, 0.717) is 25.9 Å². The lowest BCUT2D eigenvalue weighted by molar-refractivity contribution is -0.137. The zero-order chi connectivity index (χ0) is 14.8. The molecule has 20 heavy (non-hydrogen) atoms. The number of hydrogen-bond donors (Lipinski definition) is 1. The van der Waals surface area contributed by atoms with Crippen LogP contribution in [0.15, 0.2) is 24.3 Å². The average molecular weight is 289 g/mol. The summed E-state index contributed by atoms with van der Waals surface area (Å²) in [4.78, 5) is 12.0. The lowest BCUT2D eigenvalue weighted by atomic mass is 10.1. The van der Waals surface area contributed by atoms with Gasteiger partial charge in [-0.25, -0.2) is 4.79 Å². The van der Waals surface area contributed by atoms with Crippen molar-refractivity contribution in [2.45, 2.75) is 25.1 Å².